The summed E-state index contributed by atoms with van der Waals surface area (Å²) >= 11 is 1.33. The molecule has 0 spiro atoms. The number of nitrogens with zero attached hydrogens (tertiary/aromatic N) is 3. The van der Waals surface area contributed by atoms with Gasteiger partial charge >= 0.3 is 5.97 Å². The number of benzene rings is 1. The fraction of sp³-hybridized carbons (Fsp3) is 0.263. The molecule has 0 aliphatic rings. The molecular weight excluding hydrogens is 382 g/mol. The zero-order chi connectivity index (χ0) is 19.7. The highest BCUT2D eigenvalue weighted by molar-refractivity contribution is 7.16. The second-order valence-corrected chi connectivity index (χ2v) is 7.09. The van der Waals surface area contributed by atoms with Gasteiger partial charge in [-0.25, -0.2) is 9.78 Å². The normalized spacial score (nSPS) is 11.4. The van der Waals surface area contributed by atoms with Gasteiger partial charge in [0, 0.05) is 24.1 Å². The maximum Gasteiger partial charge on any atom is 0.375 e. The van der Waals surface area contributed by atoms with E-state index in [9.17, 15) is 9.59 Å². The first kappa shape index (κ1) is 18.3. The van der Waals surface area contributed by atoms with Crippen molar-refractivity contribution in [2.75, 3.05) is 7.11 Å². The van der Waals surface area contributed by atoms with Crippen molar-refractivity contribution in [3.63, 3.8) is 0 Å². The predicted molar refractivity (Wildman–Crippen MR) is 103 cm³/mol. The number of furan rings is 1. The highest BCUT2D eigenvalue weighted by Crippen LogP contribution is 2.27. The van der Waals surface area contributed by atoms with Gasteiger partial charge in [0.2, 0.25) is 10.7 Å². The van der Waals surface area contributed by atoms with Gasteiger partial charge in [-0.1, -0.05) is 36.5 Å². The highest BCUT2D eigenvalue weighted by atomic mass is 32.1. The molecule has 0 radical (unpaired) electrons. The minimum absolute atomic E-state index is 0.0897. The zero-order valence-electron chi connectivity index (χ0n) is 15.3. The van der Waals surface area contributed by atoms with Crippen LogP contribution in [0.4, 0.5) is 0 Å². The summed E-state index contributed by atoms with van der Waals surface area (Å²) in [5.41, 5.74) is 1.25. The number of aromatic nitrogens is 3. The van der Waals surface area contributed by atoms with Crippen LogP contribution in [-0.4, -0.2) is 27.7 Å². The molecule has 1 aromatic carbocycles. The molecule has 9 heteroatoms. The fourth-order valence-electron chi connectivity index (χ4n) is 2.87. The number of para-hydroxylation sites is 1. The van der Waals surface area contributed by atoms with E-state index < -0.39 is 5.97 Å². The number of rotatable bonds is 6. The lowest BCUT2D eigenvalue weighted by Gasteiger charge is -2.04. The minimum Gasteiger partial charge on any atom is -0.453 e. The number of carbonyl (C=O) groups is 1. The lowest BCUT2D eigenvalue weighted by Crippen LogP contribution is -2.17. The van der Waals surface area contributed by atoms with E-state index in [1.54, 1.807) is 13.2 Å². The average molecular weight is 399 g/mol. The van der Waals surface area contributed by atoms with Crippen molar-refractivity contribution in [2.45, 2.75) is 26.6 Å². The van der Waals surface area contributed by atoms with Gasteiger partial charge in [0.05, 0.1) is 12.3 Å². The van der Waals surface area contributed by atoms with Gasteiger partial charge in [-0.2, -0.15) is 9.61 Å². The Bertz CT molecular complexity index is 1220. The first-order chi connectivity index (χ1) is 13.6. The topological polar surface area (TPSA) is 95.9 Å². The van der Waals surface area contributed by atoms with E-state index in [4.69, 9.17) is 13.9 Å². The second kappa shape index (κ2) is 7.53. The molecule has 0 atom stereocenters. The van der Waals surface area contributed by atoms with Crippen LogP contribution in [0.3, 0.4) is 0 Å². The molecule has 3 aromatic heterocycles. The molecule has 0 aliphatic carbocycles. The minimum atomic E-state index is -0.635. The summed E-state index contributed by atoms with van der Waals surface area (Å²) in [5.74, 6) is -0.546. The van der Waals surface area contributed by atoms with Gasteiger partial charge in [-0.3, -0.25) is 4.79 Å². The quantitative estimate of drug-likeness (QED) is 0.460. The number of ether oxygens (including phenoxy) is 2. The number of aryl methyl sites for hydroxylation is 1. The Morgan fingerprint density at radius 3 is 2.89 bits per heavy atom. The smallest absolute Gasteiger partial charge is 0.375 e. The Hall–Kier alpha value is -3.04. The van der Waals surface area contributed by atoms with Crippen LogP contribution in [0.15, 0.2) is 39.5 Å². The number of fused-ring (bicyclic) bond motifs is 2. The Morgan fingerprint density at radius 1 is 1.29 bits per heavy atom. The lowest BCUT2D eigenvalue weighted by molar-refractivity contribution is 0.0427. The van der Waals surface area contributed by atoms with Crippen molar-refractivity contribution in [2.24, 2.45) is 0 Å². The van der Waals surface area contributed by atoms with Crippen LogP contribution in [0.5, 0.6) is 0 Å². The molecule has 4 rings (SSSR count). The van der Waals surface area contributed by atoms with Crippen LogP contribution < -0.4 is 5.56 Å². The van der Waals surface area contributed by atoms with E-state index in [-0.39, 0.29) is 24.5 Å². The van der Waals surface area contributed by atoms with E-state index in [0.29, 0.717) is 28.2 Å². The maximum absolute atomic E-state index is 12.6. The molecule has 3 heterocycles. The number of hydrogen-bond donors (Lipinski definition) is 0. The molecule has 4 aromatic rings. The third-order valence-corrected chi connectivity index (χ3v) is 5.22. The van der Waals surface area contributed by atoms with E-state index in [1.807, 2.05) is 25.1 Å². The number of carbonyl (C=O) groups excluding carboxylic acids is 1. The van der Waals surface area contributed by atoms with Gasteiger partial charge in [0.25, 0.3) is 5.56 Å². The average Bonchev–Trinajstić information content (AvgIpc) is 3.28. The molecule has 0 bridgehead atoms. The van der Waals surface area contributed by atoms with Gasteiger partial charge in [0.1, 0.15) is 17.2 Å². The van der Waals surface area contributed by atoms with Crippen molar-refractivity contribution < 1.29 is 18.7 Å². The number of esters is 1. The third-order valence-electron chi connectivity index (χ3n) is 4.17. The summed E-state index contributed by atoms with van der Waals surface area (Å²) in [6, 6.07) is 8.63. The van der Waals surface area contributed by atoms with E-state index in [2.05, 4.69) is 10.1 Å². The van der Waals surface area contributed by atoms with Crippen molar-refractivity contribution >= 4 is 33.2 Å². The Morgan fingerprint density at radius 2 is 2.11 bits per heavy atom. The van der Waals surface area contributed by atoms with Crippen LogP contribution >= 0.6 is 11.3 Å². The molecule has 28 heavy (non-hydrogen) atoms. The summed E-state index contributed by atoms with van der Waals surface area (Å²) in [5, 5.41) is 5.80. The standard InChI is InChI=1S/C19H17N3O5S/c1-3-15-21-22-16(23)8-11(20-19(22)28-15)9-26-18(24)17-13(10-25-2)12-6-4-5-7-14(12)27-17/h4-8H,3,9-10H2,1-2H3. The van der Waals surface area contributed by atoms with Crippen molar-refractivity contribution in [3.05, 3.63) is 62.7 Å². The molecule has 0 amide bonds. The molecule has 0 N–H and O–H groups in total. The van der Waals surface area contributed by atoms with Crippen LogP contribution in [0, 0.1) is 0 Å². The summed E-state index contributed by atoms with van der Waals surface area (Å²) in [4.78, 5) is 29.6. The maximum atomic E-state index is 12.6. The van der Waals surface area contributed by atoms with Gasteiger partial charge in [-0.05, 0) is 12.5 Å². The number of hydrogen-bond acceptors (Lipinski definition) is 8. The zero-order valence-corrected chi connectivity index (χ0v) is 16.1. The molecule has 0 saturated carbocycles. The van der Waals surface area contributed by atoms with Gasteiger partial charge in [0.15, 0.2) is 0 Å². The highest BCUT2D eigenvalue weighted by Gasteiger charge is 2.22. The summed E-state index contributed by atoms with van der Waals surface area (Å²) < 4.78 is 17.5. The van der Waals surface area contributed by atoms with Crippen molar-refractivity contribution in [3.8, 4) is 0 Å². The summed E-state index contributed by atoms with van der Waals surface area (Å²) in [6.45, 7) is 2.03. The van der Waals surface area contributed by atoms with Crippen LogP contribution in [-0.2, 0) is 29.1 Å². The van der Waals surface area contributed by atoms with Crippen LogP contribution in [0.1, 0.15) is 33.7 Å². The Balaban J connectivity index is 1.59. The second-order valence-electron chi connectivity index (χ2n) is 6.04. The Kier molecular flexibility index (Phi) is 4.93. The van der Waals surface area contributed by atoms with Crippen LogP contribution in [0.2, 0.25) is 0 Å². The first-order valence-corrected chi connectivity index (χ1v) is 9.47. The van der Waals surface area contributed by atoms with E-state index in [0.717, 1.165) is 10.4 Å². The monoisotopic (exact) mass is 399 g/mol. The van der Waals surface area contributed by atoms with Gasteiger partial charge in [-0.15, -0.1) is 0 Å². The van der Waals surface area contributed by atoms with Gasteiger partial charge < -0.3 is 13.9 Å². The molecule has 0 aliphatic heterocycles. The molecule has 0 saturated heterocycles. The summed E-state index contributed by atoms with van der Waals surface area (Å²) in [6.07, 6.45) is 0.714. The first-order valence-electron chi connectivity index (χ1n) is 8.65. The summed E-state index contributed by atoms with van der Waals surface area (Å²) in [7, 11) is 1.54. The van der Waals surface area contributed by atoms with Crippen LogP contribution in [0.25, 0.3) is 15.9 Å². The molecule has 0 unspecified atom stereocenters. The van der Waals surface area contributed by atoms with E-state index in [1.165, 1.54) is 21.9 Å². The molecular formula is C19H17N3O5S. The fourth-order valence-corrected chi connectivity index (χ4v) is 3.73. The SMILES string of the molecule is CCc1nn2c(=O)cc(COC(=O)c3oc4ccccc4c3COC)nc2s1. The third kappa shape index (κ3) is 3.30. The lowest BCUT2D eigenvalue weighted by atomic mass is 10.1. The Labute approximate surface area is 163 Å². The largest absolute Gasteiger partial charge is 0.453 e. The molecule has 144 valence electrons. The predicted octanol–water partition coefficient (Wildman–Crippen LogP) is 2.96. The van der Waals surface area contributed by atoms with Crippen molar-refractivity contribution in [1.29, 1.82) is 0 Å². The van der Waals surface area contributed by atoms with Crippen molar-refractivity contribution in [1.82, 2.24) is 14.6 Å². The van der Waals surface area contributed by atoms with E-state index >= 15 is 0 Å². The molecule has 8 nitrogen and oxygen atoms in total. The molecule has 0 fully saturated rings. The number of methoxy groups -OCH3 is 1.